The molecule has 2 nitrogen and oxygen atoms in total. The van der Waals surface area contributed by atoms with Gasteiger partial charge in [-0.05, 0) is 50.3 Å². The summed E-state index contributed by atoms with van der Waals surface area (Å²) in [5.74, 6) is -0.0476. The fraction of sp³-hybridized carbons (Fsp3) is 0.588. The third-order valence-electron chi connectivity index (χ3n) is 4.17. The third-order valence-corrected chi connectivity index (χ3v) is 4.59. The molecule has 1 aliphatic rings. The Labute approximate surface area is 126 Å². The summed E-state index contributed by atoms with van der Waals surface area (Å²) in [6, 6.07) is 4.49. The number of halogens is 1. The van der Waals surface area contributed by atoms with Crippen molar-refractivity contribution >= 4 is 17.5 Å². The Balaban J connectivity index is 2.10. The highest BCUT2D eigenvalue weighted by Crippen LogP contribution is 2.29. The molecular weight excluding hydrogens is 270 g/mol. The van der Waals surface area contributed by atoms with Gasteiger partial charge >= 0.3 is 0 Å². The molecule has 2 rings (SSSR count). The van der Waals surface area contributed by atoms with E-state index in [1.54, 1.807) is 0 Å². The Kier molecular flexibility index (Phi) is 5.09. The molecule has 1 unspecified atom stereocenters. The quantitative estimate of drug-likeness (QED) is 0.825. The van der Waals surface area contributed by atoms with Crippen molar-refractivity contribution in [3.63, 3.8) is 0 Å². The van der Waals surface area contributed by atoms with Gasteiger partial charge in [0.1, 0.15) is 5.38 Å². The van der Waals surface area contributed by atoms with Crippen molar-refractivity contribution in [2.45, 2.75) is 64.3 Å². The molecule has 1 amide bonds. The highest BCUT2D eigenvalue weighted by molar-refractivity contribution is 6.31. The lowest BCUT2D eigenvalue weighted by atomic mass is 9.94. The molecule has 1 N–H and O–H groups in total. The molecule has 0 saturated heterocycles. The standard InChI is InChI=1S/C17H24ClNO/c1-11-9-12(2)15(13(3)10-11)16(18)17(20)19-14-7-5-4-6-8-14/h9-10,14,16H,4-8H2,1-3H3,(H,19,20). The van der Waals surface area contributed by atoms with E-state index in [0.29, 0.717) is 6.04 Å². The Morgan fingerprint density at radius 1 is 1.15 bits per heavy atom. The second-order valence-corrected chi connectivity index (χ2v) is 6.45. The number of aryl methyl sites for hydroxylation is 3. The van der Waals surface area contributed by atoms with Crippen molar-refractivity contribution in [3.05, 3.63) is 34.4 Å². The van der Waals surface area contributed by atoms with Gasteiger partial charge in [0, 0.05) is 6.04 Å². The molecule has 110 valence electrons. The molecule has 1 aromatic carbocycles. The van der Waals surface area contributed by atoms with E-state index in [9.17, 15) is 4.79 Å². The van der Waals surface area contributed by atoms with Crippen molar-refractivity contribution in [2.24, 2.45) is 0 Å². The number of hydrogen-bond acceptors (Lipinski definition) is 1. The molecule has 1 aromatic rings. The maximum Gasteiger partial charge on any atom is 0.242 e. The average molecular weight is 294 g/mol. The third kappa shape index (κ3) is 3.54. The molecule has 0 radical (unpaired) electrons. The smallest absolute Gasteiger partial charge is 0.242 e. The van der Waals surface area contributed by atoms with Gasteiger partial charge in [0.05, 0.1) is 0 Å². The van der Waals surface area contributed by atoms with Crippen LogP contribution < -0.4 is 5.32 Å². The fourth-order valence-electron chi connectivity index (χ4n) is 3.24. The lowest BCUT2D eigenvalue weighted by Gasteiger charge is -2.25. The van der Waals surface area contributed by atoms with Crippen molar-refractivity contribution < 1.29 is 4.79 Å². The predicted molar refractivity (Wildman–Crippen MR) is 84.3 cm³/mol. The van der Waals surface area contributed by atoms with Crippen LogP contribution in [0.15, 0.2) is 12.1 Å². The van der Waals surface area contributed by atoms with E-state index in [4.69, 9.17) is 11.6 Å². The normalized spacial score (nSPS) is 17.8. The van der Waals surface area contributed by atoms with Gasteiger partial charge < -0.3 is 5.32 Å². The number of alkyl halides is 1. The summed E-state index contributed by atoms with van der Waals surface area (Å²) in [7, 11) is 0. The number of hydrogen-bond donors (Lipinski definition) is 1. The topological polar surface area (TPSA) is 29.1 Å². The summed E-state index contributed by atoms with van der Waals surface area (Å²) < 4.78 is 0. The first-order valence-electron chi connectivity index (χ1n) is 7.51. The van der Waals surface area contributed by atoms with Gasteiger partial charge in [-0.1, -0.05) is 37.0 Å². The summed E-state index contributed by atoms with van der Waals surface area (Å²) in [6.45, 7) is 6.12. The highest BCUT2D eigenvalue weighted by Gasteiger charge is 2.24. The van der Waals surface area contributed by atoms with E-state index in [0.717, 1.165) is 29.5 Å². The first-order chi connectivity index (χ1) is 9.49. The van der Waals surface area contributed by atoms with Gasteiger partial charge in [-0.3, -0.25) is 4.79 Å². The van der Waals surface area contributed by atoms with Crippen LogP contribution in [0.4, 0.5) is 0 Å². The SMILES string of the molecule is Cc1cc(C)c(C(Cl)C(=O)NC2CCCCC2)c(C)c1. The fourth-order valence-corrected chi connectivity index (χ4v) is 3.65. The van der Waals surface area contributed by atoms with Crippen LogP contribution in [0.1, 0.15) is 59.7 Å². The van der Waals surface area contributed by atoms with Crippen molar-refractivity contribution in [1.29, 1.82) is 0 Å². The number of amides is 1. The molecule has 1 fully saturated rings. The predicted octanol–water partition coefficient (Wildman–Crippen LogP) is 4.34. The van der Waals surface area contributed by atoms with Crippen LogP contribution in [-0.2, 0) is 4.79 Å². The Morgan fingerprint density at radius 2 is 1.70 bits per heavy atom. The Hall–Kier alpha value is -1.02. The van der Waals surface area contributed by atoms with E-state index in [-0.39, 0.29) is 5.91 Å². The molecule has 0 spiro atoms. The van der Waals surface area contributed by atoms with Crippen molar-refractivity contribution in [2.75, 3.05) is 0 Å². The maximum atomic E-state index is 12.4. The van der Waals surface area contributed by atoms with Gasteiger partial charge in [-0.25, -0.2) is 0 Å². The number of nitrogens with one attached hydrogen (secondary N) is 1. The summed E-state index contributed by atoms with van der Waals surface area (Å²) >= 11 is 6.43. The largest absolute Gasteiger partial charge is 0.352 e. The molecule has 1 atom stereocenters. The molecule has 1 aliphatic carbocycles. The number of carbonyl (C=O) groups is 1. The first kappa shape index (κ1) is 15.4. The van der Waals surface area contributed by atoms with Crippen LogP contribution >= 0.6 is 11.6 Å². The number of benzene rings is 1. The lowest BCUT2D eigenvalue weighted by molar-refractivity contribution is -0.121. The van der Waals surface area contributed by atoms with Crippen LogP contribution in [0.25, 0.3) is 0 Å². The van der Waals surface area contributed by atoms with E-state index in [1.807, 2.05) is 13.8 Å². The van der Waals surface area contributed by atoms with Crippen LogP contribution in [0.5, 0.6) is 0 Å². The first-order valence-corrected chi connectivity index (χ1v) is 7.95. The minimum Gasteiger partial charge on any atom is -0.352 e. The number of rotatable bonds is 3. The molecular formula is C17H24ClNO. The van der Waals surface area contributed by atoms with Crippen LogP contribution in [0.3, 0.4) is 0 Å². The zero-order valence-electron chi connectivity index (χ0n) is 12.6. The highest BCUT2D eigenvalue weighted by atomic mass is 35.5. The monoisotopic (exact) mass is 293 g/mol. The average Bonchev–Trinajstić information content (AvgIpc) is 2.38. The summed E-state index contributed by atoms with van der Waals surface area (Å²) in [5, 5.41) is 2.53. The molecule has 0 aliphatic heterocycles. The molecule has 1 saturated carbocycles. The summed E-state index contributed by atoms with van der Waals surface area (Å²) in [4.78, 5) is 12.4. The lowest BCUT2D eigenvalue weighted by Crippen LogP contribution is -2.38. The van der Waals surface area contributed by atoms with Gasteiger partial charge in [0.25, 0.3) is 0 Å². The van der Waals surface area contributed by atoms with E-state index >= 15 is 0 Å². The minimum absolute atomic E-state index is 0.0476. The van der Waals surface area contributed by atoms with Crippen molar-refractivity contribution in [3.8, 4) is 0 Å². The van der Waals surface area contributed by atoms with Crippen molar-refractivity contribution in [1.82, 2.24) is 5.32 Å². The second-order valence-electron chi connectivity index (χ2n) is 6.02. The van der Waals surface area contributed by atoms with Gasteiger partial charge in [0.15, 0.2) is 0 Å². The van der Waals surface area contributed by atoms with Crippen LogP contribution in [0.2, 0.25) is 0 Å². The molecule has 0 bridgehead atoms. The Bertz CT molecular complexity index is 469. The molecule has 3 heteroatoms. The van der Waals surface area contributed by atoms with E-state index in [1.165, 1.54) is 24.8 Å². The molecule has 0 heterocycles. The van der Waals surface area contributed by atoms with Crippen LogP contribution in [-0.4, -0.2) is 11.9 Å². The zero-order chi connectivity index (χ0) is 14.7. The minimum atomic E-state index is -0.586. The maximum absolute atomic E-state index is 12.4. The number of carbonyl (C=O) groups excluding carboxylic acids is 1. The van der Waals surface area contributed by atoms with Gasteiger partial charge in [0.2, 0.25) is 5.91 Å². The second kappa shape index (κ2) is 6.62. The van der Waals surface area contributed by atoms with Gasteiger partial charge in [-0.2, -0.15) is 0 Å². The van der Waals surface area contributed by atoms with Gasteiger partial charge in [-0.15, -0.1) is 11.6 Å². The van der Waals surface area contributed by atoms with Crippen LogP contribution in [0, 0.1) is 20.8 Å². The molecule has 20 heavy (non-hydrogen) atoms. The Morgan fingerprint density at radius 3 is 2.25 bits per heavy atom. The van der Waals surface area contributed by atoms with E-state index in [2.05, 4.69) is 24.4 Å². The van der Waals surface area contributed by atoms with E-state index < -0.39 is 5.38 Å². The zero-order valence-corrected chi connectivity index (χ0v) is 13.4. The summed E-state index contributed by atoms with van der Waals surface area (Å²) in [5.41, 5.74) is 4.37. The molecule has 0 aromatic heterocycles. The summed E-state index contributed by atoms with van der Waals surface area (Å²) in [6.07, 6.45) is 5.87.